The van der Waals surface area contributed by atoms with Crippen molar-refractivity contribution >= 4 is 11.8 Å². The van der Waals surface area contributed by atoms with Crippen molar-refractivity contribution in [2.45, 2.75) is 38.1 Å². The van der Waals surface area contributed by atoms with E-state index in [2.05, 4.69) is 22.7 Å². The zero-order valence-electron chi connectivity index (χ0n) is 9.32. The van der Waals surface area contributed by atoms with Crippen LogP contribution in [0.3, 0.4) is 0 Å². The molecule has 1 saturated carbocycles. The van der Waals surface area contributed by atoms with Crippen molar-refractivity contribution in [2.75, 3.05) is 24.6 Å². The van der Waals surface area contributed by atoms with Crippen LogP contribution in [0.15, 0.2) is 0 Å². The van der Waals surface area contributed by atoms with E-state index < -0.39 is 0 Å². The summed E-state index contributed by atoms with van der Waals surface area (Å²) in [4.78, 5) is 2.58. The molecule has 2 unspecified atom stereocenters. The largest absolute Gasteiger partial charge is 0.297 e. The third-order valence-corrected chi connectivity index (χ3v) is 4.60. The van der Waals surface area contributed by atoms with Crippen LogP contribution in [0.4, 0.5) is 0 Å². The average molecular weight is 224 g/mol. The first-order chi connectivity index (χ1) is 7.42. The van der Waals surface area contributed by atoms with Crippen LogP contribution in [0.2, 0.25) is 0 Å². The number of hydrogen-bond acceptors (Lipinski definition) is 3. The zero-order valence-corrected chi connectivity index (χ0v) is 10.1. The van der Waals surface area contributed by atoms with Gasteiger partial charge in [0.25, 0.3) is 0 Å². The lowest BCUT2D eigenvalue weighted by Crippen LogP contribution is -2.44. The van der Waals surface area contributed by atoms with Crippen molar-refractivity contribution in [1.82, 2.24) is 4.90 Å². The normalized spacial score (nSPS) is 34.3. The average Bonchev–Trinajstić information content (AvgIpc) is 2.55. The minimum Gasteiger partial charge on any atom is -0.297 e. The van der Waals surface area contributed by atoms with Crippen LogP contribution in [0.25, 0.3) is 0 Å². The van der Waals surface area contributed by atoms with Crippen molar-refractivity contribution < 1.29 is 0 Å². The Morgan fingerprint density at radius 2 is 1.80 bits per heavy atom. The van der Waals surface area contributed by atoms with Crippen molar-refractivity contribution in [2.24, 2.45) is 5.92 Å². The SMILES string of the molecule is N#CC1CCCCCC1N1CCSCC1. The molecule has 0 aromatic heterocycles. The van der Waals surface area contributed by atoms with E-state index in [9.17, 15) is 5.26 Å². The molecule has 1 aliphatic carbocycles. The summed E-state index contributed by atoms with van der Waals surface area (Å²) in [5, 5.41) is 9.24. The van der Waals surface area contributed by atoms with Crippen LogP contribution in [-0.4, -0.2) is 35.5 Å². The summed E-state index contributed by atoms with van der Waals surface area (Å²) in [5.74, 6) is 2.82. The quantitative estimate of drug-likeness (QED) is 0.640. The van der Waals surface area contributed by atoms with E-state index in [4.69, 9.17) is 0 Å². The van der Waals surface area contributed by atoms with Gasteiger partial charge in [0.15, 0.2) is 0 Å². The van der Waals surface area contributed by atoms with Crippen LogP contribution >= 0.6 is 11.8 Å². The lowest BCUT2D eigenvalue weighted by Gasteiger charge is -2.35. The Bertz CT molecular complexity index is 230. The van der Waals surface area contributed by atoms with Gasteiger partial charge in [-0.1, -0.05) is 19.3 Å². The van der Waals surface area contributed by atoms with Gasteiger partial charge in [-0.15, -0.1) is 0 Å². The lowest BCUT2D eigenvalue weighted by atomic mass is 9.95. The van der Waals surface area contributed by atoms with Gasteiger partial charge in [-0.3, -0.25) is 4.90 Å². The van der Waals surface area contributed by atoms with Gasteiger partial charge in [-0.2, -0.15) is 17.0 Å². The van der Waals surface area contributed by atoms with Crippen molar-refractivity contribution in [1.29, 1.82) is 5.26 Å². The molecule has 1 saturated heterocycles. The highest BCUT2D eigenvalue weighted by molar-refractivity contribution is 7.99. The van der Waals surface area contributed by atoms with Crippen LogP contribution in [0.5, 0.6) is 0 Å². The molecule has 0 radical (unpaired) electrons. The minimum absolute atomic E-state index is 0.301. The lowest BCUT2D eigenvalue weighted by molar-refractivity contribution is 0.169. The molecule has 0 spiro atoms. The van der Waals surface area contributed by atoms with Gasteiger partial charge in [0, 0.05) is 30.6 Å². The molecule has 0 aromatic rings. The fourth-order valence-electron chi connectivity index (χ4n) is 2.78. The Labute approximate surface area is 97.0 Å². The highest BCUT2D eigenvalue weighted by Crippen LogP contribution is 2.28. The summed E-state index contributed by atoms with van der Waals surface area (Å²) in [5.41, 5.74) is 0. The predicted molar refractivity (Wildman–Crippen MR) is 64.9 cm³/mol. The number of nitriles is 1. The molecular weight excluding hydrogens is 204 g/mol. The molecule has 0 bridgehead atoms. The van der Waals surface area contributed by atoms with E-state index in [1.54, 1.807) is 0 Å². The molecule has 2 rings (SSSR count). The number of nitrogens with zero attached hydrogens (tertiary/aromatic N) is 2. The van der Waals surface area contributed by atoms with E-state index in [0.29, 0.717) is 12.0 Å². The second-order valence-electron chi connectivity index (χ2n) is 4.59. The molecule has 2 fully saturated rings. The molecule has 2 nitrogen and oxygen atoms in total. The Morgan fingerprint density at radius 1 is 1.07 bits per heavy atom. The molecule has 15 heavy (non-hydrogen) atoms. The topological polar surface area (TPSA) is 27.0 Å². The molecular formula is C12H20N2S. The van der Waals surface area contributed by atoms with Crippen LogP contribution in [0.1, 0.15) is 32.1 Å². The van der Waals surface area contributed by atoms with E-state index in [1.807, 2.05) is 0 Å². The first kappa shape index (κ1) is 11.3. The van der Waals surface area contributed by atoms with Gasteiger partial charge in [-0.25, -0.2) is 0 Å². The maximum absolute atomic E-state index is 9.24. The van der Waals surface area contributed by atoms with Crippen molar-refractivity contribution in [3.8, 4) is 6.07 Å². The molecule has 0 aromatic carbocycles. The van der Waals surface area contributed by atoms with Crippen LogP contribution in [0, 0.1) is 17.2 Å². The molecule has 1 aliphatic heterocycles. The Hall–Kier alpha value is -0.200. The summed E-state index contributed by atoms with van der Waals surface area (Å²) in [7, 11) is 0. The Morgan fingerprint density at radius 3 is 2.53 bits per heavy atom. The number of rotatable bonds is 1. The zero-order chi connectivity index (χ0) is 10.5. The van der Waals surface area contributed by atoms with Gasteiger partial charge in [-0.05, 0) is 12.8 Å². The van der Waals surface area contributed by atoms with Crippen molar-refractivity contribution in [3.63, 3.8) is 0 Å². The Kier molecular flexibility index (Phi) is 4.34. The summed E-state index contributed by atoms with van der Waals surface area (Å²) in [6.45, 7) is 2.40. The van der Waals surface area contributed by atoms with E-state index in [0.717, 1.165) is 6.42 Å². The fourth-order valence-corrected chi connectivity index (χ4v) is 3.72. The van der Waals surface area contributed by atoms with E-state index in [1.165, 1.54) is 50.3 Å². The third kappa shape index (κ3) is 2.89. The van der Waals surface area contributed by atoms with Crippen LogP contribution < -0.4 is 0 Å². The molecule has 2 aliphatic rings. The highest BCUT2D eigenvalue weighted by Gasteiger charge is 2.29. The summed E-state index contributed by atoms with van der Waals surface area (Å²) < 4.78 is 0. The van der Waals surface area contributed by atoms with Gasteiger partial charge in [0.1, 0.15) is 0 Å². The summed E-state index contributed by atoms with van der Waals surface area (Å²) >= 11 is 2.05. The first-order valence-electron chi connectivity index (χ1n) is 6.13. The maximum atomic E-state index is 9.24. The van der Waals surface area contributed by atoms with Gasteiger partial charge >= 0.3 is 0 Å². The first-order valence-corrected chi connectivity index (χ1v) is 7.28. The van der Waals surface area contributed by atoms with E-state index in [-0.39, 0.29) is 0 Å². The monoisotopic (exact) mass is 224 g/mol. The summed E-state index contributed by atoms with van der Waals surface area (Å²) in [6, 6.07) is 3.11. The summed E-state index contributed by atoms with van der Waals surface area (Å²) in [6.07, 6.45) is 6.30. The Balaban J connectivity index is 1.99. The molecule has 2 atom stereocenters. The highest BCUT2D eigenvalue weighted by atomic mass is 32.2. The number of thioether (sulfide) groups is 1. The van der Waals surface area contributed by atoms with Crippen LogP contribution in [-0.2, 0) is 0 Å². The van der Waals surface area contributed by atoms with Gasteiger partial charge in [0.2, 0.25) is 0 Å². The molecule has 3 heteroatoms. The smallest absolute Gasteiger partial charge is 0.0672 e. The molecule has 0 amide bonds. The molecule has 0 N–H and O–H groups in total. The van der Waals surface area contributed by atoms with Crippen molar-refractivity contribution in [3.05, 3.63) is 0 Å². The minimum atomic E-state index is 0.301. The predicted octanol–water partition coefficient (Wildman–Crippen LogP) is 2.51. The fraction of sp³-hybridized carbons (Fsp3) is 0.917. The second kappa shape index (κ2) is 5.77. The van der Waals surface area contributed by atoms with E-state index >= 15 is 0 Å². The second-order valence-corrected chi connectivity index (χ2v) is 5.81. The van der Waals surface area contributed by atoms with Gasteiger partial charge in [0.05, 0.1) is 12.0 Å². The standard InChI is InChI=1S/C12H20N2S/c13-10-11-4-2-1-3-5-12(11)14-6-8-15-9-7-14/h11-12H,1-9H2. The molecule has 84 valence electrons. The third-order valence-electron chi connectivity index (χ3n) is 3.66. The number of hydrogen-bond donors (Lipinski definition) is 0. The molecule has 1 heterocycles. The maximum Gasteiger partial charge on any atom is 0.0672 e. The van der Waals surface area contributed by atoms with Gasteiger partial charge < -0.3 is 0 Å².